The number of fused-ring (bicyclic) bond motifs is 1. The van der Waals surface area contributed by atoms with Crippen molar-refractivity contribution in [1.82, 2.24) is 4.90 Å². The summed E-state index contributed by atoms with van der Waals surface area (Å²) in [6.07, 6.45) is 2.00. The van der Waals surface area contributed by atoms with Gasteiger partial charge in [0.25, 0.3) is 5.91 Å². The summed E-state index contributed by atoms with van der Waals surface area (Å²) >= 11 is 5.36. The van der Waals surface area contributed by atoms with E-state index in [9.17, 15) is 4.79 Å². The summed E-state index contributed by atoms with van der Waals surface area (Å²) in [4.78, 5) is 14.4. The first kappa shape index (κ1) is 12.0. The van der Waals surface area contributed by atoms with Gasteiger partial charge >= 0.3 is 0 Å². The van der Waals surface area contributed by atoms with Crippen molar-refractivity contribution in [2.45, 2.75) is 19.8 Å². The van der Waals surface area contributed by atoms with Crippen molar-refractivity contribution in [3.8, 4) is 5.75 Å². The van der Waals surface area contributed by atoms with Gasteiger partial charge in [-0.15, -0.1) is 0 Å². The molecule has 1 amide bonds. The average molecular weight is 249 g/mol. The number of ether oxygens (including phenoxy) is 1. The summed E-state index contributed by atoms with van der Waals surface area (Å²) < 4.78 is 5.26. The van der Waals surface area contributed by atoms with Gasteiger partial charge in [0.05, 0.1) is 18.2 Å². The Morgan fingerprint density at radius 2 is 2.18 bits per heavy atom. The zero-order valence-corrected chi connectivity index (χ0v) is 10.8. The van der Waals surface area contributed by atoms with E-state index in [1.165, 1.54) is 0 Å². The Kier molecular flexibility index (Phi) is 3.43. The molecule has 0 saturated carbocycles. The van der Waals surface area contributed by atoms with Gasteiger partial charge in [0.2, 0.25) is 0 Å². The summed E-state index contributed by atoms with van der Waals surface area (Å²) in [7, 11) is 1.59. The van der Waals surface area contributed by atoms with Crippen LogP contribution in [0.5, 0.6) is 5.75 Å². The molecule has 3 nitrogen and oxygen atoms in total. The van der Waals surface area contributed by atoms with E-state index in [2.05, 4.69) is 6.92 Å². The Morgan fingerprint density at radius 3 is 2.82 bits per heavy atom. The molecule has 1 aliphatic rings. The van der Waals surface area contributed by atoms with E-state index >= 15 is 0 Å². The normalized spacial score (nSPS) is 14.1. The van der Waals surface area contributed by atoms with E-state index in [1.54, 1.807) is 18.1 Å². The Hall–Kier alpha value is -1.42. The fourth-order valence-electron chi connectivity index (χ4n) is 1.99. The van der Waals surface area contributed by atoms with Crippen LogP contribution in [0.1, 0.15) is 35.7 Å². The molecule has 17 heavy (non-hydrogen) atoms. The van der Waals surface area contributed by atoms with Crippen LogP contribution in [0.4, 0.5) is 0 Å². The van der Waals surface area contributed by atoms with E-state index in [-0.39, 0.29) is 5.91 Å². The maximum Gasteiger partial charge on any atom is 0.259 e. The fourth-order valence-corrected chi connectivity index (χ4v) is 2.38. The molecule has 1 aromatic rings. The Labute approximate surface area is 106 Å². The molecule has 1 aliphatic heterocycles. The molecule has 0 N–H and O–H groups in total. The summed E-state index contributed by atoms with van der Waals surface area (Å²) in [6, 6.07) is 5.46. The van der Waals surface area contributed by atoms with Crippen molar-refractivity contribution in [2.75, 3.05) is 13.7 Å². The summed E-state index contributed by atoms with van der Waals surface area (Å²) in [6.45, 7) is 2.78. The molecule has 0 fully saturated rings. The number of hydrogen-bond donors (Lipinski definition) is 0. The van der Waals surface area contributed by atoms with E-state index in [0.29, 0.717) is 22.8 Å². The van der Waals surface area contributed by atoms with Crippen LogP contribution in [0.25, 0.3) is 0 Å². The molecular weight excluding hydrogens is 234 g/mol. The van der Waals surface area contributed by atoms with Crippen molar-refractivity contribution in [2.24, 2.45) is 0 Å². The summed E-state index contributed by atoms with van der Waals surface area (Å²) in [5.41, 5.74) is 1.43. The van der Waals surface area contributed by atoms with E-state index < -0.39 is 0 Å². The van der Waals surface area contributed by atoms with Crippen LogP contribution in [0, 0.1) is 0 Å². The zero-order chi connectivity index (χ0) is 12.4. The monoisotopic (exact) mass is 249 g/mol. The lowest BCUT2D eigenvalue weighted by Crippen LogP contribution is -2.30. The Bertz CT molecular complexity index is 470. The van der Waals surface area contributed by atoms with Gasteiger partial charge in [-0.05, 0) is 18.6 Å². The third-order valence-corrected chi connectivity index (χ3v) is 3.34. The first-order valence-electron chi connectivity index (χ1n) is 5.74. The molecule has 0 aliphatic carbocycles. The van der Waals surface area contributed by atoms with Gasteiger partial charge in [-0.25, -0.2) is 0 Å². The van der Waals surface area contributed by atoms with Crippen molar-refractivity contribution < 1.29 is 9.53 Å². The second-order valence-electron chi connectivity index (χ2n) is 4.00. The number of hydrogen-bond acceptors (Lipinski definition) is 3. The number of carbonyl (C=O) groups excluding carboxylic acids is 1. The third kappa shape index (κ3) is 1.93. The molecule has 0 bridgehead atoms. The molecule has 2 rings (SSSR count). The number of nitrogens with zero attached hydrogens (tertiary/aromatic N) is 1. The fraction of sp³-hybridized carbons (Fsp3) is 0.385. The minimum atomic E-state index is -0.00245. The molecule has 1 heterocycles. The van der Waals surface area contributed by atoms with Crippen molar-refractivity contribution >= 4 is 23.1 Å². The Balaban J connectivity index is 2.38. The molecule has 0 unspecified atom stereocenters. The number of amides is 1. The average Bonchev–Trinajstić information content (AvgIpc) is 2.60. The highest BCUT2D eigenvalue weighted by Crippen LogP contribution is 2.31. The van der Waals surface area contributed by atoms with Crippen LogP contribution in [0.2, 0.25) is 0 Å². The van der Waals surface area contributed by atoms with Crippen LogP contribution in [-0.2, 0) is 0 Å². The van der Waals surface area contributed by atoms with Crippen molar-refractivity contribution in [3.05, 3.63) is 29.3 Å². The molecule has 0 spiro atoms. The van der Waals surface area contributed by atoms with Gasteiger partial charge in [-0.3, -0.25) is 9.69 Å². The van der Waals surface area contributed by atoms with Crippen LogP contribution in [0.15, 0.2) is 18.2 Å². The lowest BCUT2D eigenvalue weighted by atomic mass is 10.1. The van der Waals surface area contributed by atoms with Gasteiger partial charge in [0.15, 0.2) is 0 Å². The molecule has 1 aromatic carbocycles. The number of carbonyl (C=O) groups is 1. The van der Waals surface area contributed by atoms with Gasteiger partial charge in [0.1, 0.15) is 10.7 Å². The van der Waals surface area contributed by atoms with Gasteiger partial charge < -0.3 is 4.74 Å². The topological polar surface area (TPSA) is 29.5 Å². The standard InChI is InChI=1S/C13H15NO2S/c1-3-4-8-14-12(15)9-6-5-7-10(16-2)11(9)13(14)17/h5-7H,3-4,8H2,1-2H3. The SMILES string of the molecule is CCCCN1C(=O)c2cccc(OC)c2C1=S. The maximum atomic E-state index is 12.2. The summed E-state index contributed by atoms with van der Waals surface area (Å²) in [5.74, 6) is 0.678. The number of rotatable bonds is 4. The lowest BCUT2D eigenvalue weighted by Gasteiger charge is -2.15. The first-order chi connectivity index (χ1) is 8.20. The minimum absolute atomic E-state index is 0.00245. The molecular formula is C13H15NO2S. The predicted octanol–water partition coefficient (Wildman–Crippen LogP) is 2.63. The van der Waals surface area contributed by atoms with Crippen LogP contribution in [-0.4, -0.2) is 29.5 Å². The highest BCUT2D eigenvalue weighted by atomic mass is 32.1. The number of methoxy groups -OCH3 is 1. The first-order valence-corrected chi connectivity index (χ1v) is 6.14. The molecule has 0 aromatic heterocycles. The Morgan fingerprint density at radius 1 is 1.41 bits per heavy atom. The minimum Gasteiger partial charge on any atom is -0.496 e. The third-order valence-electron chi connectivity index (χ3n) is 2.92. The van der Waals surface area contributed by atoms with Gasteiger partial charge in [-0.2, -0.15) is 0 Å². The number of unbranched alkanes of at least 4 members (excludes halogenated alkanes) is 1. The van der Waals surface area contributed by atoms with E-state index in [1.807, 2.05) is 12.1 Å². The molecule has 0 atom stereocenters. The quantitative estimate of drug-likeness (QED) is 0.768. The molecule has 0 radical (unpaired) electrons. The molecule has 4 heteroatoms. The van der Waals surface area contributed by atoms with Crippen LogP contribution in [0.3, 0.4) is 0 Å². The number of benzene rings is 1. The number of thiocarbonyl (C=S) groups is 1. The second-order valence-corrected chi connectivity index (χ2v) is 4.39. The maximum absolute atomic E-state index is 12.2. The predicted molar refractivity (Wildman–Crippen MR) is 70.6 cm³/mol. The zero-order valence-electron chi connectivity index (χ0n) is 10.0. The van der Waals surface area contributed by atoms with E-state index in [4.69, 9.17) is 17.0 Å². The van der Waals surface area contributed by atoms with E-state index in [0.717, 1.165) is 18.4 Å². The smallest absolute Gasteiger partial charge is 0.259 e. The molecule has 90 valence electrons. The van der Waals surface area contributed by atoms with Crippen LogP contribution < -0.4 is 4.74 Å². The highest BCUT2D eigenvalue weighted by Gasteiger charge is 2.34. The lowest BCUT2D eigenvalue weighted by molar-refractivity contribution is 0.0860. The largest absolute Gasteiger partial charge is 0.496 e. The van der Waals surface area contributed by atoms with Gasteiger partial charge in [0, 0.05) is 6.54 Å². The van der Waals surface area contributed by atoms with Crippen LogP contribution >= 0.6 is 12.2 Å². The van der Waals surface area contributed by atoms with Crippen molar-refractivity contribution in [1.29, 1.82) is 0 Å². The highest BCUT2D eigenvalue weighted by molar-refractivity contribution is 7.80. The van der Waals surface area contributed by atoms with Crippen molar-refractivity contribution in [3.63, 3.8) is 0 Å². The van der Waals surface area contributed by atoms with Gasteiger partial charge in [-0.1, -0.05) is 31.6 Å². The second kappa shape index (κ2) is 4.84. The molecule has 0 saturated heterocycles. The summed E-state index contributed by atoms with van der Waals surface area (Å²) in [5, 5.41) is 0.